The molecule has 0 atom stereocenters. The molecule has 0 saturated carbocycles. The first-order valence-corrected chi connectivity index (χ1v) is 7.97. The van der Waals surface area contributed by atoms with Gasteiger partial charge in [-0.1, -0.05) is 18.2 Å². The molecule has 1 aliphatic heterocycles. The first kappa shape index (κ1) is 16.4. The van der Waals surface area contributed by atoms with Gasteiger partial charge in [-0.3, -0.25) is 19.5 Å². The molecular weight excluding hydrogens is 308 g/mol. The number of carbonyl (C=O) groups is 2. The van der Waals surface area contributed by atoms with Crippen molar-refractivity contribution in [2.75, 3.05) is 44.7 Å². The number of morpholine rings is 1. The molecule has 1 fully saturated rings. The van der Waals surface area contributed by atoms with Crippen molar-refractivity contribution in [3.8, 4) is 0 Å². The van der Waals surface area contributed by atoms with Crippen LogP contribution in [0.5, 0.6) is 0 Å². The van der Waals surface area contributed by atoms with Crippen LogP contribution in [-0.4, -0.2) is 61.1 Å². The van der Waals surface area contributed by atoms with Crippen LogP contribution in [-0.2, 0) is 14.3 Å². The summed E-state index contributed by atoms with van der Waals surface area (Å²) in [5.74, 6) is -1.33. The molecule has 2 amide bonds. The Bertz CT molecular complexity index is 723. The third kappa shape index (κ3) is 4.06. The van der Waals surface area contributed by atoms with Crippen LogP contribution in [0.2, 0.25) is 0 Å². The molecule has 0 unspecified atom stereocenters. The molecule has 7 heteroatoms. The third-order valence-corrected chi connectivity index (χ3v) is 3.90. The second-order valence-electron chi connectivity index (χ2n) is 5.54. The van der Waals surface area contributed by atoms with Crippen molar-refractivity contribution in [3.05, 3.63) is 36.5 Å². The van der Waals surface area contributed by atoms with Gasteiger partial charge in [-0.2, -0.15) is 0 Å². The maximum atomic E-state index is 12.1. The Morgan fingerprint density at radius 2 is 1.92 bits per heavy atom. The number of ether oxygens (including phenoxy) is 1. The first-order chi connectivity index (χ1) is 11.7. The summed E-state index contributed by atoms with van der Waals surface area (Å²) in [5.41, 5.74) is 1.19. The summed E-state index contributed by atoms with van der Waals surface area (Å²) in [7, 11) is 0. The number of carbonyl (C=O) groups excluding carboxylic acids is 2. The van der Waals surface area contributed by atoms with E-state index in [-0.39, 0.29) is 0 Å². The van der Waals surface area contributed by atoms with Crippen molar-refractivity contribution < 1.29 is 14.3 Å². The summed E-state index contributed by atoms with van der Waals surface area (Å²) >= 11 is 0. The molecule has 2 heterocycles. The molecule has 2 N–H and O–H groups in total. The van der Waals surface area contributed by atoms with Gasteiger partial charge in [-0.15, -0.1) is 0 Å². The zero-order valence-corrected chi connectivity index (χ0v) is 13.3. The van der Waals surface area contributed by atoms with Crippen LogP contribution in [0.4, 0.5) is 5.69 Å². The van der Waals surface area contributed by atoms with Crippen LogP contribution >= 0.6 is 0 Å². The maximum absolute atomic E-state index is 12.1. The number of aromatic nitrogens is 1. The maximum Gasteiger partial charge on any atom is 0.313 e. The fourth-order valence-electron chi connectivity index (χ4n) is 2.62. The number of benzene rings is 1. The highest BCUT2D eigenvalue weighted by Crippen LogP contribution is 2.20. The molecule has 1 aromatic carbocycles. The first-order valence-electron chi connectivity index (χ1n) is 7.97. The number of anilines is 1. The molecule has 1 saturated heterocycles. The number of nitrogens with zero attached hydrogens (tertiary/aromatic N) is 2. The van der Waals surface area contributed by atoms with E-state index in [1.54, 1.807) is 12.3 Å². The van der Waals surface area contributed by atoms with Crippen molar-refractivity contribution in [2.24, 2.45) is 0 Å². The van der Waals surface area contributed by atoms with Gasteiger partial charge in [-0.05, 0) is 12.1 Å². The van der Waals surface area contributed by atoms with Gasteiger partial charge in [0.25, 0.3) is 0 Å². The summed E-state index contributed by atoms with van der Waals surface area (Å²) in [5, 5.41) is 6.18. The molecule has 0 spiro atoms. The Morgan fingerprint density at radius 3 is 2.75 bits per heavy atom. The van der Waals surface area contributed by atoms with Crippen molar-refractivity contribution in [2.45, 2.75) is 0 Å². The predicted molar refractivity (Wildman–Crippen MR) is 90.6 cm³/mol. The fraction of sp³-hybridized carbons (Fsp3) is 0.353. The zero-order valence-electron chi connectivity index (χ0n) is 13.3. The summed E-state index contributed by atoms with van der Waals surface area (Å²) in [6, 6.07) is 9.18. The number of hydrogen-bond donors (Lipinski definition) is 2. The Hall–Kier alpha value is -2.51. The number of rotatable bonds is 4. The lowest BCUT2D eigenvalue weighted by Crippen LogP contribution is -2.43. The van der Waals surface area contributed by atoms with Gasteiger partial charge in [0, 0.05) is 37.8 Å². The molecule has 7 nitrogen and oxygen atoms in total. The number of pyridine rings is 1. The Kier molecular flexibility index (Phi) is 5.35. The van der Waals surface area contributed by atoms with Crippen LogP contribution in [0.25, 0.3) is 10.9 Å². The lowest BCUT2D eigenvalue weighted by molar-refractivity contribution is -0.136. The minimum absolute atomic E-state index is 0.431. The van der Waals surface area contributed by atoms with E-state index in [1.807, 2.05) is 24.3 Å². The topological polar surface area (TPSA) is 83.6 Å². The summed E-state index contributed by atoms with van der Waals surface area (Å²) in [4.78, 5) is 30.4. The largest absolute Gasteiger partial charge is 0.379 e. The quantitative estimate of drug-likeness (QED) is 0.804. The van der Waals surface area contributed by atoms with E-state index in [0.717, 1.165) is 18.5 Å². The monoisotopic (exact) mass is 328 g/mol. The number of para-hydroxylation sites is 1. The zero-order chi connectivity index (χ0) is 16.8. The average molecular weight is 328 g/mol. The molecule has 126 valence electrons. The van der Waals surface area contributed by atoms with Crippen molar-refractivity contribution in [1.29, 1.82) is 0 Å². The van der Waals surface area contributed by atoms with Gasteiger partial charge < -0.3 is 15.4 Å². The van der Waals surface area contributed by atoms with Crippen LogP contribution < -0.4 is 10.6 Å². The van der Waals surface area contributed by atoms with Crippen LogP contribution in [0, 0.1) is 0 Å². The number of amides is 2. The molecule has 1 aliphatic rings. The highest BCUT2D eigenvalue weighted by atomic mass is 16.5. The highest BCUT2D eigenvalue weighted by molar-refractivity contribution is 6.40. The molecule has 3 rings (SSSR count). The number of nitrogens with one attached hydrogen (secondary N) is 2. The lowest BCUT2D eigenvalue weighted by Gasteiger charge is -2.26. The fourth-order valence-corrected chi connectivity index (χ4v) is 2.62. The van der Waals surface area contributed by atoms with E-state index in [0.29, 0.717) is 37.5 Å². The van der Waals surface area contributed by atoms with Gasteiger partial charge in [0.2, 0.25) is 0 Å². The van der Waals surface area contributed by atoms with Gasteiger partial charge in [-0.25, -0.2) is 0 Å². The molecule has 24 heavy (non-hydrogen) atoms. The van der Waals surface area contributed by atoms with E-state index < -0.39 is 11.8 Å². The summed E-state index contributed by atoms with van der Waals surface area (Å²) < 4.78 is 5.27. The van der Waals surface area contributed by atoms with E-state index in [1.165, 1.54) is 0 Å². The molecule has 2 aromatic rings. The van der Waals surface area contributed by atoms with E-state index in [9.17, 15) is 9.59 Å². The standard InChI is InChI=1S/C17H20N4O3/c22-16(19-7-8-21-9-11-24-12-10-21)17(23)20-14-5-1-3-13-4-2-6-18-15(13)14/h1-6H,7-12H2,(H,19,22)(H,20,23). The van der Waals surface area contributed by atoms with Gasteiger partial charge in [0.1, 0.15) is 0 Å². The van der Waals surface area contributed by atoms with E-state index >= 15 is 0 Å². The normalized spacial score (nSPS) is 15.2. The molecule has 1 aromatic heterocycles. The van der Waals surface area contributed by atoms with Crippen molar-refractivity contribution >= 4 is 28.4 Å². The Labute approximate surface area is 140 Å². The van der Waals surface area contributed by atoms with Crippen LogP contribution in [0.15, 0.2) is 36.5 Å². The summed E-state index contributed by atoms with van der Waals surface area (Å²) in [6.45, 7) is 4.26. The molecule has 0 bridgehead atoms. The Morgan fingerprint density at radius 1 is 1.12 bits per heavy atom. The minimum atomic E-state index is -0.685. The van der Waals surface area contributed by atoms with E-state index in [2.05, 4.69) is 20.5 Å². The third-order valence-electron chi connectivity index (χ3n) is 3.90. The second kappa shape index (κ2) is 7.85. The van der Waals surface area contributed by atoms with Crippen molar-refractivity contribution in [1.82, 2.24) is 15.2 Å². The van der Waals surface area contributed by atoms with Gasteiger partial charge >= 0.3 is 11.8 Å². The average Bonchev–Trinajstić information content (AvgIpc) is 2.63. The minimum Gasteiger partial charge on any atom is -0.379 e. The molecule has 0 aliphatic carbocycles. The number of hydrogen-bond acceptors (Lipinski definition) is 5. The smallest absolute Gasteiger partial charge is 0.313 e. The summed E-state index contributed by atoms with van der Waals surface area (Å²) in [6.07, 6.45) is 1.65. The number of fused-ring (bicyclic) bond motifs is 1. The molecule has 0 radical (unpaired) electrons. The lowest BCUT2D eigenvalue weighted by atomic mass is 10.2. The molecular formula is C17H20N4O3. The predicted octanol–water partition coefficient (Wildman–Crippen LogP) is 0.622. The van der Waals surface area contributed by atoms with E-state index in [4.69, 9.17) is 4.74 Å². The SMILES string of the molecule is O=C(NCCN1CCOCC1)C(=O)Nc1cccc2cccnc12. The highest BCUT2D eigenvalue weighted by Gasteiger charge is 2.16. The Balaban J connectivity index is 1.53. The van der Waals surface area contributed by atoms with Gasteiger partial charge in [0.15, 0.2) is 0 Å². The van der Waals surface area contributed by atoms with Gasteiger partial charge in [0.05, 0.1) is 24.4 Å². The van der Waals surface area contributed by atoms with Crippen LogP contribution in [0.3, 0.4) is 0 Å². The van der Waals surface area contributed by atoms with Crippen molar-refractivity contribution in [3.63, 3.8) is 0 Å². The van der Waals surface area contributed by atoms with Crippen LogP contribution in [0.1, 0.15) is 0 Å². The second-order valence-corrected chi connectivity index (χ2v) is 5.54.